The Kier molecular flexibility index (Phi) is 7.57. The molecule has 0 aromatic heterocycles. The number of amides is 4. The number of hydrogen-bond acceptors (Lipinski definition) is 4. The van der Waals surface area contributed by atoms with Crippen LogP contribution in [0.5, 0.6) is 0 Å². The highest BCUT2D eigenvalue weighted by molar-refractivity contribution is 5.96. The van der Waals surface area contributed by atoms with Crippen molar-refractivity contribution in [2.75, 3.05) is 19.6 Å². The Morgan fingerprint density at radius 3 is 2.28 bits per heavy atom. The lowest BCUT2D eigenvalue weighted by Crippen LogP contribution is -2.50. The van der Waals surface area contributed by atoms with Gasteiger partial charge in [0, 0.05) is 18.5 Å². The zero-order valence-electron chi connectivity index (χ0n) is 15.5. The topological polar surface area (TPSA) is 108 Å². The Bertz CT molecular complexity index is 765. The van der Waals surface area contributed by atoms with Gasteiger partial charge in [0.25, 0.3) is 17.7 Å². The van der Waals surface area contributed by atoms with Gasteiger partial charge < -0.3 is 10.2 Å². The SMILES string of the molecule is O=C(CNC(=O)c1ccc(C(F)(F)F)cc1)NNC(=O)CN1CCCCCC1=O. The molecular weight excluding hydrogens is 393 g/mol. The van der Waals surface area contributed by atoms with E-state index in [-0.39, 0.29) is 18.0 Å². The normalized spacial score (nSPS) is 14.7. The van der Waals surface area contributed by atoms with Gasteiger partial charge in [-0.3, -0.25) is 30.0 Å². The van der Waals surface area contributed by atoms with Crippen molar-refractivity contribution in [1.29, 1.82) is 0 Å². The molecule has 1 fully saturated rings. The minimum Gasteiger partial charge on any atom is -0.343 e. The molecule has 1 heterocycles. The average molecular weight is 414 g/mol. The van der Waals surface area contributed by atoms with E-state index in [1.807, 2.05) is 0 Å². The van der Waals surface area contributed by atoms with Crippen LogP contribution in [0.15, 0.2) is 24.3 Å². The van der Waals surface area contributed by atoms with E-state index in [9.17, 15) is 32.3 Å². The number of hydrogen-bond donors (Lipinski definition) is 3. The van der Waals surface area contributed by atoms with Gasteiger partial charge in [-0.2, -0.15) is 13.2 Å². The monoisotopic (exact) mass is 414 g/mol. The number of benzene rings is 1. The number of nitrogens with zero attached hydrogens (tertiary/aromatic N) is 1. The van der Waals surface area contributed by atoms with E-state index in [4.69, 9.17) is 0 Å². The van der Waals surface area contributed by atoms with Gasteiger partial charge in [0.2, 0.25) is 5.91 Å². The molecule has 4 amide bonds. The van der Waals surface area contributed by atoms with Crippen LogP contribution in [0.3, 0.4) is 0 Å². The minimum absolute atomic E-state index is 0.0467. The summed E-state index contributed by atoms with van der Waals surface area (Å²) in [5.74, 6) is -2.17. The predicted octanol–water partition coefficient (Wildman–Crippen LogP) is 0.985. The van der Waals surface area contributed by atoms with Crippen molar-refractivity contribution < 1.29 is 32.3 Å². The molecule has 8 nitrogen and oxygen atoms in total. The molecule has 0 aliphatic carbocycles. The summed E-state index contributed by atoms with van der Waals surface area (Å²) in [5, 5.41) is 2.23. The van der Waals surface area contributed by atoms with Crippen LogP contribution in [0.2, 0.25) is 0 Å². The van der Waals surface area contributed by atoms with Crippen LogP contribution in [0.25, 0.3) is 0 Å². The maximum absolute atomic E-state index is 12.5. The first-order chi connectivity index (χ1) is 13.7. The fourth-order valence-electron chi connectivity index (χ4n) is 2.68. The van der Waals surface area contributed by atoms with Crippen LogP contribution >= 0.6 is 0 Å². The van der Waals surface area contributed by atoms with E-state index >= 15 is 0 Å². The standard InChI is InChI=1S/C18H21F3N4O4/c19-18(20,21)13-7-5-12(6-8-13)17(29)22-10-14(26)23-24-15(27)11-25-9-3-1-2-4-16(25)28/h5-8H,1-4,9-11H2,(H,22,29)(H,23,26)(H,24,27). The molecule has 2 rings (SSSR count). The number of rotatable bonds is 5. The molecule has 0 bridgehead atoms. The van der Waals surface area contributed by atoms with Crippen LogP contribution in [-0.2, 0) is 20.6 Å². The third-order valence-corrected chi connectivity index (χ3v) is 4.23. The molecule has 29 heavy (non-hydrogen) atoms. The summed E-state index contributed by atoms with van der Waals surface area (Å²) in [4.78, 5) is 48.7. The van der Waals surface area contributed by atoms with E-state index in [2.05, 4.69) is 16.2 Å². The number of halogens is 3. The summed E-state index contributed by atoms with van der Waals surface area (Å²) in [6, 6.07) is 3.52. The molecule has 1 aromatic rings. The van der Waals surface area contributed by atoms with Gasteiger partial charge in [0.1, 0.15) is 6.54 Å². The molecule has 11 heteroatoms. The maximum atomic E-state index is 12.5. The summed E-state index contributed by atoms with van der Waals surface area (Å²) in [5.41, 5.74) is 3.31. The first kappa shape index (κ1) is 22.2. The Hall–Kier alpha value is -3.11. The molecule has 0 saturated carbocycles. The van der Waals surface area contributed by atoms with Crippen LogP contribution in [0, 0.1) is 0 Å². The van der Waals surface area contributed by atoms with E-state index in [0.29, 0.717) is 13.0 Å². The maximum Gasteiger partial charge on any atom is 0.416 e. The van der Waals surface area contributed by atoms with Gasteiger partial charge in [-0.05, 0) is 37.1 Å². The lowest BCUT2D eigenvalue weighted by Gasteiger charge is -2.19. The number of carbonyl (C=O) groups excluding carboxylic acids is 4. The van der Waals surface area contributed by atoms with Gasteiger partial charge in [0.15, 0.2) is 0 Å². The van der Waals surface area contributed by atoms with Crippen molar-refractivity contribution in [1.82, 2.24) is 21.1 Å². The van der Waals surface area contributed by atoms with Crippen molar-refractivity contribution in [3.63, 3.8) is 0 Å². The Labute approximate surface area is 164 Å². The molecule has 1 saturated heterocycles. The quantitative estimate of drug-likeness (QED) is 0.625. The number of carbonyl (C=O) groups is 4. The van der Waals surface area contributed by atoms with Crippen LogP contribution < -0.4 is 16.2 Å². The Morgan fingerprint density at radius 1 is 0.966 bits per heavy atom. The molecule has 0 radical (unpaired) electrons. The number of alkyl halides is 3. The van der Waals surface area contributed by atoms with Crippen LogP contribution in [0.1, 0.15) is 41.6 Å². The van der Waals surface area contributed by atoms with Gasteiger partial charge >= 0.3 is 6.18 Å². The Morgan fingerprint density at radius 2 is 1.62 bits per heavy atom. The lowest BCUT2D eigenvalue weighted by atomic mass is 10.1. The second-order valence-electron chi connectivity index (χ2n) is 6.48. The highest BCUT2D eigenvalue weighted by Gasteiger charge is 2.30. The molecular formula is C18H21F3N4O4. The zero-order valence-corrected chi connectivity index (χ0v) is 15.5. The molecule has 158 valence electrons. The third kappa shape index (κ3) is 7.09. The minimum atomic E-state index is -4.51. The predicted molar refractivity (Wildman–Crippen MR) is 95.1 cm³/mol. The third-order valence-electron chi connectivity index (χ3n) is 4.23. The largest absolute Gasteiger partial charge is 0.416 e. The molecule has 1 aliphatic rings. The van der Waals surface area contributed by atoms with Gasteiger partial charge in [-0.1, -0.05) is 6.42 Å². The number of hydrazine groups is 1. The summed E-state index contributed by atoms with van der Waals surface area (Å²) < 4.78 is 37.5. The van der Waals surface area contributed by atoms with Gasteiger partial charge in [-0.25, -0.2) is 0 Å². The smallest absolute Gasteiger partial charge is 0.343 e. The van der Waals surface area contributed by atoms with Crippen LogP contribution in [-0.4, -0.2) is 48.2 Å². The van der Waals surface area contributed by atoms with Crippen molar-refractivity contribution in [2.24, 2.45) is 0 Å². The summed E-state index contributed by atoms with van der Waals surface area (Å²) in [6.07, 6.45) is -1.62. The van der Waals surface area contributed by atoms with E-state index in [1.54, 1.807) is 0 Å². The zero-order chi connectivity index (χ0) is 21.4. The highest BCUT2D eigenvalue weighted by Crippen LogP contribution is 2.29. The molecule has 0 spiro atoms. The first-order valence-electron chi connectivity index (χ1n) is 8.98. The lowest BCUT2D eigenvalue weighted by molar-refractivity contribution is -0.137. The molecule has 1 aliphatic heterocycles. The highest BCUT2D eigenvalue weighted by atomic mass is 19.4. The summed E-state index contributed by atoms with van der Waals surface area (Å²) in [7, 11) is 0. The van der Waals surface area contributed by atoms with Gasteiger partial charge in [0.05, 0.1) is 12.1 Å². The molecule has 3 N–H and O–H groups in total. The van der Waals surface area contributed by atoms with E-state index < -0.39 is 36.0 Å². The second kappa shape index (κ2) is 9.89. The molecule has 1 aromatic carbocycles. The summed E-state index contributed by atoms with van der Waals surface area (Å²) >= 11 is 0. The van der Waals surface area contributed by atoms with E-state index in [1.165, 1.54) is 4.90 Å². The molecule has 0 unspecified atom stereocenters. The molecule has 0 atom stereocenters. The number of likely N-dealkylation sites (tertiary alicyclic amines) is 1. The van der Waals surface area contributed by atoms with Crippen LogP contribution in [0.4, 0.5) is 13.2 Å². The van der Waals surface area contributed by atoms with Gasteiger partial charge in [-0.15, -0.1) is 0 Å². The van der Waals surface area contributed by atoms with Crippen molar-refractivity contribution >= 4 is 23.6 Å². The number of nitrogens with one attached hydrogen (secondary N) is 3. The fraction of sp³-hybridized carbons (Fsp3) is 0.444. The average Bonchev–Trinajstić information content (AvgIpc) is 2.88. The van der Waals surface area contributed by atoms with Crippen molar-refractivity contribution in [3.8, 4) is 0 Å². The summed E-state index contributed by atoms with van der Waals surface area (Å²) in [6.45, 7) is -0.205. The van der Waals surface area contributed by atoms with E-state index in [0.717, 1.165) is 43.5 Å². The Balaban J connectivity index is 1.72. The second-order valence-corrected chi connectivity index (χ2v) is 6.48. The first-order valence-corrected chi connectivity index (χ1v) is 8.98. The fourth-order valence-corrected chi connectivity index (χ4v) is 2.68. The van der Waals surface area contributed by atoms with Crippen molar-refractivity contribution in [2.45, 2.75) is 31.9 Å². The van der Waals surface area contributed by atoms with Crippen molar-refractivity contribution in [3.05, 3.63) is 35.4 Å².